The average Bonchev–Trinajstić information content (AvgIpc) is 2.92. The number of rotatable bonds is 9. The van der Waals surface area contributed by atoms with Crippen molar-refractivity contribution in [3.63, 3.8) is 0 Å². The van der Waals surface area contributed by atoms with Gasteiger partial charge in [-0.15, -0.1) is 0 Å². The van der Waals surface area contributed by atoms with Crippen molar-refractivity contribution in [2.75, 3.05) is 44.7 Å². The normalized spacial score (nSPS) is 16.1. The van der Waals surface area contributed by atoms with Gasteiger partial charge >= 0.3 is 5.97 Å². The quantitative estimate of drug-likeness (QED) is 0.415. The molecule has 0 saturated carbocycles. The number of hydrogen-bond acceptors (Lipinski definition) is 5. The predicted molar refractivity (Wildman–Crippen MR) is 138 cm³/mol. The van der Waals surface area contributed by atoms with Crippen molar-refractivity contribution >= 4 is 11.8 Å². The van der Waals surface area contributed by atoms with Crippen LogP contribution in [0.3, 0.4) is 0 Å². The molecule has 1 atom stereocenters. The van der Waals surface area contributed by atoms with Gasteiger partial charge in [0.25, 0.3) is 0 Å². The first-order valence-electron chi connectivity index (χ1n) is 12.3. The van der Waals surface area contributed by atoms with Crippen molar-refractivity contribution in [2.24, 2.45) is 0 Å². The molecule has 0 spiro atoms. The average molecular weight is 458 g/mol. The zero-order chi connectivity index (χ0) is 23.8. The summed E-state index contributed by atoms with van der Waals surface area (Å²) in [6.45, 7) is 6.98. The molecule has 4 rings (SSSR count). The molecule has 1 saturated heterocycles. The Kier molecular flexibility index (Phi) is 7.96. The highest BCUT2D eigenvalue weighted by Gasteiger charge is 2.39. The molecule has 1 aromatic heterocycles. The fourth-order valence-electron chi connectivity index (χ4n) is 5.02. The molecular weight excluding hydrogens is 422 g/mol. The van der Waals surface area contributed by atoms with Crippen molar-refractivity contribution in [2.45, 2.75) is 31.6 Å². The molecule has 1 unspecified atom stereocenters. The lowest BCUT2D eigenvalue weighted by Gasteiger charge is -2.36. The van der Waals surface area contributed by atoms with Crippen LogP contribution in [0.1, 0.15) is 31.7 Å². The van der Waals surface area contributed by atoms with E-state index in [1.54, 1.807) is 0 Å². The van der Waals surface area contributed by atoms with Crippen LogP contribution in [0, 0.1) is 0 Å². The van der Waals surface area contributed by atoms with Gasteiger partial charge in [0.15, 0.2) is 0 Å². The van der Waals surface area contributed by atoms with Gasteiger partial charge in [0.2, 0.25) is 0 Å². The molecule has 0 amide bonds. The lowest BCUT2D eigenvalue weighted by molar-refractivity contribution is -0.148. The molecule has 2 aromatic carbocycles. The number of esters is 1. The number of aromatic nitrogens is 1. The summed E-state index contributed by atoms with van der Waals surface area (Å²) in [5.41, 5.74) is 2.64. The highest BCUT2D eigenvalue weighted by atomic mass is 16.5. The zero-order valence-corrected chi connectivity index (χ0v) is 20.3. The van der Waals surface area contributed by atoms with Gasteiger partial charge in [-0.1, -0.05) is 73.7 Å². The maximum atomic E-state index is 12.8. The first-order chi connectivity index (χ1) is 16.7. The van der Waals surface area contributed by atoms with Gasteiger partial charge in [0.1, 0.15) is 5.82 Å². The van der Waals surface area contributed by atoms with E-state index in [0.717, 1.165) is 74.6 Å². The standard InChI is InChI=1S/C29H35N3O2/c1-3-29(28(33)34-2,25-14-8-5-9-15-25)18-11-19-31-20-22-32(23-21-31)27-17-10-16-26(30-27)24-12-6-4-7-13-24/h4-10,12-17H,3,11,18-23H2,1-2H3. The Labute approximate surface area is 203 Å². The second-order valence-electron chi connectivity index (χ2n) is 8.97. The van der Waals surface area contributed by atoms with Gasteiger partial charge in [-0.2, -0.15) is 0 Å². The summed E-state index contributed by atoms with van der Waals surface area (Å²) in [6, 6.07) is 26.7. The third kappa shape index (κ3) is 5.31. The monoisotopic (exact) mass is 457 g/mol. The number of nitrogens with zero attached hydrogens (tertiary/aromatic N) is 3. The van der Waals surface area contributed by atoms with Crippen LogP contribution in [0.15, 0.2) is 78.9 Å². The molecule has 0 bridgehead atoms. The third-order valence-corrected chi connectivity index (χ3v) is 7.08. The second-order valence-corrected chi connectivity index (χ2v) is 8.97. The maximum Gasteiger partial charge on any atom is 0.316 e. The van der Waals surface area contributed by atoms with Gasteiger partial charge < -0.3 is 9.64 Å². The number of carbonyl (C=O) groups is 1. The van der Waals surface area contributed by atoms with Crippen LogP contribution < -0.4 is 4.90 Å². The Balaban J connectivity index is 1.33. The van der Waals surface area contributed by atoms with Crippen LogP contribution in [0.4, 0.5) is 5.82 Å². The molecule has 5 heteroatoms. The highest BCUT2D eigenvalue weighted by Crippen LogP contribution is 2.34. The van der Waals surface area contributed by atoms with Crippen LogP contribution >= 0.6 is 0 Å². The smallest absolute Gasteiger partial charge is 0.316 e. The molecular formula is C29H35N3O2. The first kappa shape index (κ1) is 24.0. The summed E-state index contributed by atoms with van der Waals surface area (Å²) < 4.78 is 5.24. The number of piperazine rings is 1. The summed E-state index contributed by atoms with van der Waals surface area (Å²) in [5, 5.41) is 0. The number of carbonyl (C=O) groups excluding carboxylic acids is 1. The maximum absolute atomic E-state index is 12.8. The molecule has 5 nitrogen and oxygen atoms in total. The number of anilines is 1. The summed E-state index contributed by atoms with van der Waals surface area (Å²) in [6.07, 6.45) is 2.49. The zero-order valence-electron chi connectivity index (χ0n) is 20.3. The van der Waals surface area contributed by atoms with E-state index in [2.05, 4.69) is 59.2 Å². The van der Waals surface area contributed by atoms with E-state index in [1.807, 2.05) is 36.4 Å². The van der Waals surface area contributed by atoms with Crippen LogP contribution in [-0.4, -0.2) is 55.7 Å². The number of pyridine rings is 1. The van der Waals surface area contributed by atoms with Gasteiger partial charge in [-0.3, -0.25) is 9.69 Å². The SMILES string of the molecule is CCC(CCCN1CCN(c2cccc(-c3ccccc3)n2)CC1)(C(=O)OC)c1ccccc1. The molecule has 3 aromatic rings. The Morgan fingerprint density at radius 2 is 1.59 bits per heavy atom. The molecule has 34 heavy (non-hydrogen) atoms. The van der Waals surface area contributed by atoms with Crippen molar-refractivity contribution < 1.29 is 9.53 Å². The number of methoxy groups -OCH3 is 1. The van der Waals surface area contributed by atoms with Gasteiger partial charge in [0.05, 0.1) is 18.2 Å². The Bertz CT molecular complexity index is 1050. The van der Waals surface area contributed by atoms with Gasteiger partial charge in [-0.25, -0.2) is 4.98 Å². The van der Waals surface area contributed by atoms with E-state index in [0.29, 0.717) is 0 Å². The molecule has 178 valence electrons. The molecule has 0 radical (unpaired) electrons. The van der Waals surface area contributed by atoms with Crippen molar-refractivity contribution in [3.05, 3.63) is 84.4 Å². The Hall–Kier alpha value is -3.18. The molecule has 0 aliphatic carbocycles. The fourth-order valence-corrected chi connectivity index (χ4v) is 5.02. The minimum Gasteiger partial charge on any atom is -0.468 e. The lowest BCUT2D eigenvalue weighted by atomic mass is 9.74. The third-order valence-electron chi connectivity index (χ3n) is 7.08. The number of ether oxygens (including phenoxy) is 1. The summed E-state index contributed by atoms with van der Waals surface area (Å²) in [4.78, 5) is 22.6. The van der Waals surface area contributed by atoms with Crippen LogP contribution in [0.25, 0.3) is 11.3 Å². The molecule has 1 fully saturated rings. The molecule has 2 heterocycles. The number of hydrogen-bond donors (Lipinski definition) is 0. The topological polar surface area (TPSA) is 45.7 Å². The van der Waals surface area contributed by atoms with E-state index < -0.39 is 5.41 Å². The van der Waals surface area contributed by atoms with Crippen LogP contribution in [-0.2, 0) is 14.9 Å². The fraction of sp³-hybridized carbons (Fsp3) is 0.379. The minimum atomic E-state index is -0.570. The summed E-state index contributed by atoms with van der Waals surface area (Å²) in [7, 11) is 1.50. The lowest BCUT2D eigenvalue weighted by Crippen LogP contribution is -2.47. The van der Waals surface area contributed by atoms with Crippen molar-refractivity contribution in [3.8, 4) is 11.3 Å². The first-order valence-corrected chi connectivity index (χ1v) is 12.3. The largest absolute Gasteiger partial charge is 0.468 e. The predicted octanol–water partition coefficient (Wildman–Crippen LogP) is 5.17. The van der Waals surface area contributed by atoms with Crippen LogP contribution in [0.5, 0.6) is 0 Å². The van der Waals surface area contributed by atoms with E-state index >= 15 is 0 Å². The summed E-state index contributed by atoms with van der Waals surface area (Å²) in [5.74, 6) is 0.913. The molecule has 1 aliphatic heterocycles. The Morgan fingerprint density at radius 3 is 2.24 bits per heavy atom. The van der Waals surface area contributed by atoms with Crippen LogP contribution in [0.2, 0.25) is 0 Å². The van der Waals surface area contributed by atoms with E-state index in [-0.39, 0.29) is 5.97 Å². The minimum absolute atomic E-state index is 0.129. The van der Waals surface area contributed by atoms with Crippen molar-refractivity contribution in [1.82, 2.24) is 9.88 Å². The van der Waals surface area contributed by atoms with E-state index in [4.69, 9.17) is 9.72 Å². The van der Waals surface area contributed by atoms with E-state index in [1.165, 1.54) is 7.11 Å². The van der Waals surface area contributed by atoms with Crippen molar-refractivity contribution in [1.29, 1.82) is 0 Å². The van der Waals surface area contributed by atoms with E-state index in [9.17, 15) is 4.79 Å². The van der Waals surface area contributed by atoms with Gasteiger partial charge in [-0.05, 0) is 43.5 Å². The highest BCUT2D eigenvalue weighted by molar-refractivity contribution is 5.83. The van der Waals surface area contributed by atoms with Gasteiger partial charge in [0, 0.05) is 31.7 Å². The second kappa shape index (κ2) is 11.3. The molecule has 1 aliphatic rings. The Morgan fingerprint density at radius 1 is 0.912 bits per heavy atom. The number of benzene rings is 2. The summed E-state index contributed by atoms with van der Waals surface area (Å²) >= 11 is 0. The molecule has 0 N–H and O–H groups in total.